The van der Waals surface area contributed by atoms with Gasteiger partial charge in [-0.05, 0) is 25.8 Å². The minimum atomic E-state index is -0.830. The third-order valence-electron chi connectivity index (χ3n) is 4.35. The van der Waals surface area contributed by atoms with Gasteiger partial charge in [-0.25, -0.2) is 0 Å². The molecule has 0 aromatic carbocycles. The van der Waals surface area contributed by atoms with Gasteiger partial charge in [0.1, 0.15) is 0 Å². The molecule has 1 unspecified atom stereocenters. The molecule has 0 amide bonds. The Bertz CT molecular complexity index is 388. The molecule has 102 valence electrons. The molecule has 0 saturated heterocycles. The molecule has 1 aliphatic rings. The number of hydrogen-bond acceptors (Lipinski definition) is 0. The fraction of sp³-hybridized carbons (Fsp3) is 0.733. The van der Waals surface area contributed by atoms with E-state index in [0.717, 1.165) is 0 Å². The van der Waals surface area contributed by atoms with Gasteiger partial charge in [0.05, 0.1) is 0 Å². The molecule has 1 nitrogen and oxygen atoms in total. The van der Waals surface area contributed by atoms with Gasteiger partial charge < -0.3 is 5.32 Å². The summed E-state index contributed by atoms with van der Waals surface area (Å²) < 4.78 is 0. The summed E-state index contributed by atoms with van der Waals surface area (Å²) in [6.07, 6.45) is 0. The van der Waals surface area contributed by atoms with Gasteiger partial charge in [-0.15, -0.1) is 5.54 Å². The van der Waals surface area contributed by atoms with Gasteiger partial charge >= 0.3 is 0 Å². The maximum atomic E-state index is 5.04. The number of hydrogen-bond donors (Lipinski definition) is 0. The van der Waals surface area contributed by atoms with E-state index >= 15 is 0 Å². The Labute approximate surface area is 130 Å². The molecule has 0 radical (unpaired) electrons. The Morgan fingerprint density at radius 1 is 1.00 bits per heavy atom. The summed E-state index contributed by atoms with van der Waals surface area (Å²) >= 11 is 0. The van der Waals surface area contributed by atoms with Gasteiger partial charge in [-0.2, -0.15) is 5.70 Å². The third kappa shape index (κ3) is 3.03. The molecule has 0 aliphatic heterocycles. The topological polar surface area (TPSA) is 14.1 Å². The first-order valence-electron chi connectivity index (χ1n) is 6.64. The molecule has 0 aromatic rings. The first-order chi connectivity index (χ1) is 7.51. The van der Waals surface area contributed by atoms with Crippen molar-refractivity contribution in [2.24, 2.45) is 0 Å². The second kappa shape index (κ2) is 5.68. The Morgan fingerprint density at radius 3 is 1.78 bits per heavy atom. The first kappa shape index (κ1) is 18.2. The largest absolute Gasteiger partial charge is 0.682 e. The summed E-state index contributed by atoms with van der Waals surface area (Å²) in [4.78, 5) is 0. The average molecular weight is 298 g/mol. The van der Waals surface area contributed by atoms with Crippen LogP contribution >= 0.6 is 0 Å². The predicted molar refractivity (Wildman–Crippen MR) is 81.4 cm³/mol. The summed E-state index contributed by atoms with van der Waals surface area (Å²) in [5, 5.41) is 5.29. The van der Waals surface area contributed by atoms with Crippen molar-refractivity contribution in [1.82, 2.24) is 0 Å². The van der Waals surface area contributed by atoms with Crippen LogP contribution in [0.1, 0.15) is 48.5 Å². The van der Waals surface area contributed by atoms with E-state index in [-0.39, 0.29) is 32.3 Å². The van der Waals surface area contributed by atoms with Crippen LogP contribution in [0.5, 0.6) is 0 Å². The van der Waals surface area contributed by atoms with E-state index in [9.17, 15) is 0 Å². The second-order valence-electron chi connectivity index (χ2n) is 6.86. The summed E-state index contributed by atoms with van der Waals surface area (Å²) in [6, 6.07) is 0. The van der Waals surface area contributed by atoms with E-state index in [0.29, 0.717) is 0 Å². The van der Waals surface area contributed by atoms with Crippen molar-refractivity contribution in [2.75, 3.05) is 0 Å². The average Bonchev–Trinajstić information content (AvgIpc) is 2.32. The van der Waals surface area contributed by atoms with Crippen LogP contribution in [-0.2, 0) is 21.7 Å². The van der Waals surface area contributed by atoms with Crippen molar-refractivity contribution in [2.45, 2.75) is 72.1 Å². The minimum Gasteiger partial charge on any atom is -0.682 e. The quantitative estimate of drug-likeness (QED) is 0.635. The van der Waals surface area contributed by atoms with Crippen molar-refractivity contribution >= 4 is 8.80 Å². The van der Waals surface area contributed by atoms with Crippen LogP contribution in [0.4, 0.5) is 0 Å². The molecule has 18 heavy (non-hydrogen) atoms. The SMILES string of the molecule is CC1=C(C)C(C)([SiH](C)C)C([N-]C(C)(C)C)=C1C.[Ti]. The van der Waals surface area contributed by atoms with Crippen molar-refractivity contribution in [3.8, 4) is 0 Å². The summed E-state index contributed by atoms with van der Waals surface area (Å²) in [6.45, 7) is 20.7. The maximum absolute atomic E-state index is 5.04. The molecule has 0 fully saturated rings. The van der Waals surface area contributed by atoms with Gasteiger partial charge in [0.25, 0.3) is 0 Å². The molecule has 0 heterocycles. The Hall–Kier alpha value is 0.211. The van der Waals surface area contributed by atoms with Gasteiger partial charge in [0, 0.05) is 30.5 Å². The van der Waals surface area contributed by atoms with E-state index in [1.807, 2.05) is 0 Å². The number of nitrogens with zero attached hydrogens (tertiary/aromatic N) is 1. The van der Waals surface area contributed by atoms with Crippen LogP contribution in [-0.4, -0.2) is 14.3 Å². The molecule has 0 N–H and O–H groups in total. The second-order valence-corrected chi connectivity index (χ2v) is 10.3. The van der Waals surface area contributed by atoms with Crippen LogP contribution in [0.25, 0.3) is 5.32 Å². The summed E-state index contributed by atoms with van der Waals surface area (Å²) in [5.41, 5.74) is 5.82. The standard InChI is InChI=1S/C15H28NSi.Ti/c1-10-11(2)13(16-14(4,5)6)15(7,12(10)3)17(8)9;/h17H,1-9H3;/q-1;. The van der Waals surface area contributed by atoms with E-state index in [1.54, 1.807) is 5.57 Å². The van der Waals surface area contributed by atoms with Crippen LogP contribution < -0.4 is 0 Å². The van der Waals surface area contributed by atoms with Crippen LogP contribution in [0.3, 0.4) is 0 Å². The minimum absolute atomic E-state index is 0. The fourth-order valence-electron chi connectivity index (χ4n) is 2.66. The van der Waals surface area contributed by atoms with E-state index in [1.165, 1.54) is 16.8 Å². The number of rotatable bonds is 2. The molecule has 0 bridgehead atoms. The van der Waals surface area contributed by atoms with E-state index < -0.39 is 8.80 Å². The molecular formula is C15H28NSiTi-. The van der Waals surface area contributed by atoms with Crippen LogP contribution in [0.15, 0.2) is 22.4 Å². The van der Waals surface area contributed by atoms with Crippen molar-refractivity contribution in [3.05, 3.63) is 27.7 Å². The third-order valence-corrected chi connectivity index (χ3v) is 7.37. The summed E-state index contributed by atoms with van der Waals surface area (Å²) in [7, 11) is -0.830. The van der Waals surface area contributed by atoms with Crippen molar-refractivity contribution < 1.29 is 21.7 Å². The summed E-state index contributed by atoms with van der Waals surface area (Å²) in [5.74, 6) is 0. The fourth-order valence-corrected chi connectivity index (χ4v) is 4.57. The van der Waals surface area contributed by atoms with E-state index in [4.69, 9.17) is 5.32 Å². The molecule has 0 spiro atoms. The van der Waals surface area contributed by atoms with Crippen LogP contribution in [0, 0.1) is 0 Å². The van der Waals surface area contributed by atoms with Crippen molar-refractivity contribution in [1.29, 1.82) is 0 Å². The molecule has 3 heteroatoms. The Morgan fingerprint density at radius 2 is 1.44 bits per heavy atom. The molecular weight excluding hydrogens is 270 g/mol. The normalized spacial score (nSPS) is 24.8. The maximum Gasteiger partial charge on any atom is 0.0451 e. The molecule has 1 rings (SSSR count). The van der Waals surface area contributed by atoms with E-state index in [2.05, 4.69) is 61.6 Å². The smallest absolute Gasteiger partial charge is 0.0451 e. The van der Waals surface area contributed by atoms with Gasteiger partial charge in [-0.1, -0.05) is 57.5 Å². The molecule has 1 aliphatic carbocycles. The van der Waals surface area contributed by atoms with Crippen LogP contribution in [0.2, 0.25) is 18.1 Å². The Kier molecular flexibility index (Phi) is 5.75. The van der Waals surface area contributed by atoms with Gasteiger partial charge in [0.15, 0.2) is 0 Å². The van der Waals surface area contributed by atoms with Gasteiger partial charge in [-0.3, -0.25) is 0 Å². The first-order valence-corrected chi connectivity index (χ1v) is 9.53. The number of allylic oxidation sites excluding steroid dienone is 3. The monoisotopic (exact) mass is 298 g/mol. The zero-order chi connectivity index (χ0) is 13.6. The molecule has 0 saturated carbocycles. The zero-order valence-electron chi connectivity index (χ0n) is 13.5. The predicted octanol–water partition coefficient (Wildman–Crippen LogP) is 5.03. The Balaban J connectivity index is 0.00000289. The molecule has 1 atom stereocenters. The van der Waals surface area contributed by atoms with Crippen molar-refractivity contribution in [3.63, 3.8) is 0 Å². The zero-order valence-corrected chi connectivity index (χ0v) is 16.2. The molecule has 0 aromatic heterocycles. The van der Waals surface area contributed by atoms with Gasteiger partial charge in [0.2, 0.25) is 0 Å².